The van der Waals surface area contributed by atoms with Gasteiger partial charge < -0.3 is 19.9 Å². The Hall–Kier alpha value is -1.80. The number of fused-ring (bicyclic) bond motifs is 1. The molecule has 3 fully saturated rings. The topological polar surface area (TPSA) is 74.8 Å². The van der Waals surface area contributed by atoms with E-state index >= 15 is 0 Å². The van der Waals surface area contributed by atoms with E-state index in [1.165, 1.54) is 0 Å². The van der Waals surface area contributed by atoms with Crippen LogP contribution in [0.15, 0.2) is 18.3 Å². The van der Waals surface area contributed by atoms with Gasteiger partial charge in [-0.2, -0.15) is 0 Å². The molecule has 0 aliphatic carbocycles. The molecule has 1 N–H and O–H groups in total. The lowest BCUT2D eigenvalue weighted by molar-refractivity contribution is -0.138. The number of aromatic nitrogens is 1. The summed E-state index contributed by atoms with van der Waals surface area (Å²) >= 11 is 1.71. The van der Waals surface area contributed by atoms with Crippen LogP contribution >= 0.6 is 11.8 Å². The van der Waals surface area contributed by atoms with Crippen LogP contribution in [0.25, 0.3) is 0 Å². The van der Waals surface area contributed by atoms with E-state index in [4.69, 9.17) is 4.74 Å². The fourth-order valence-electron chi connectivity index (χ4n) is 3.82. The number of rotatable bonds is 4. The van der Waals surface area contributed by atoms with Crippen molar-refractivity contribution in [3.63, 3.8) is 0 Å². The number of thioether (sulfide) groups is 1. The molecule has 3 aliphatic rings. The molecule has 0 aromatic carbocycles. The maximum atomic E-state index is 12.6. The first-order valence-corrected chi connectivity index (χ1v) is 10.1. The molecule has 4 rings (SSSR count). The van der Waals surface area contributed by atoms with Gasteiger partial charge in [0.05, 0.1) is 18.1 Å². The number of carbonyl (C=O) groups is 2. The molecule has 140 valence electrons. The standard InChI is InChI=1S/C18H24N4O3S/c1-18-5-4-16(23)22(18)14(12-26-18)17(24)20-11-13-2-3-15(19-10-13)21-6-8-25-9-7-21/h2-3,10,14H,4-9,11-12H2,1H3,(H,20,24). The number of nitrogens with one attached hydrogen (secondary N) is 1. The molecule has 8 heteroatoms. The number of morpholine rings is 1. The van der Waals surface area contributed by atoms with Crippen molar-refractivity contribution in [1.29, 1.82) is 0 Å². The molecule has 0 spiro atoms. The Bertz CT molecular complexity index is 692. The number of pyridine rings is 1. The van der Waals surface area contributed by atoms with Crippen LogP contribution in [-0.4, -0.2) is 64.7 Å². The average molecular weight is 376 g/mol. The van der Waals surface area contributed by atoms with Gasteiger partial charge >= 0.3 is 0 Å². The summed E-state index contributed by atoms with van der Waals surface area (Å²) in [6.07, 6.45) is 3.17. The summed E-state index contributed by atoms with van der Waals surface area (Å²) in [5.41, 5.74) is 0.955. The molecule has 4 heterocycles. The first-order valence-electron chi connectivity index (χ1n) is 9.08. The van der Waals surface area contributed by atoms with Crippen molar-refractivity contribution in [3.8, 4) is 0 Å². The Morgan fingerprint density at radius 3 is 2.96 bits per heavy atom. The van der Waals surface area contributed by atoms with Crippen LogP contribution < -0.4 is 10.2 Å². The Labute approximate surface area is 157 Å². The molecule has 2 unspecified atom stereocenters. The second-order valence-electron chi connectivity index (χ2n) is 7.11. The van der Waals surface area contributed by atoms with Crippen molar-refractivity contribution in [3.05, 3.63) is 23.9 Å². The van der Waals surface area contributed by atoms with E-state index in [1.807, 2.05) is 12.1 Å². The van der Waals surface area contributed by atoms with E-state index in [0.29, 0.717) is 18.7 Å². The van der Waals surface area contributed by atoms with E-state index in [2.05, 4.69) is 22.1 Å². The lowest BCUT2D eigenvalue weighted by atomic mass is 10.2. The number of nitrogens with zero attached hydrogens (tertiary/aromatic N) is 3. The fourth-order valence-corrected chi connectivity index (χ4v) is 5.25. The van der Waals surface area contributed by atoms with Crippen LogP contribution in [0, 0.1) is 0 Å². The molecule has 3 aliphatic heterocycles. The second kappa shape index (κ2) is 7.08. The van der Waals surface area contributed by atoms with Crippen LogP contribution in [-0.2, 0) is 20.9 Å². The summed E-state index contributed by atoms with van der Waals surface area (Å²) in [4.78, 5) is 33.0. The van der Waals surface area contributed by atoms with E-state index in [0.717, 1.165) is 44.1 Å². The minimum atomic E-state index is -0.361. The zero-order valence-electron chi connectivity index (χ0n) is 14.9. The Balaban J connectivity index is 1.34. The van der Waals surface area contributed by atoms with Gasteiger partial charge in [0.1, 0.15) is 11.9 Å². The molecule has 0 bridgehead atoms. The van der Waals surface area contributed by atoms with E-state index in [-0.39, 0.29) is 22.7 Å². The Kier molecular flexibility index (Phi) is 4.79. The molecular weight excluding hydrogens is 352 g/mol. The van der Waals surface area contributed by atoms with Gasteiger partial charge in [0.2, 0.25) is 11.8 Å². The van der Waals surface area contributed by atoms with Crippen molar-refractivity contribution in [2.45, 2.75) is 37.2 Å². The van der Waals surface area contributed by atoms with Crippen LogP contribution in [0.3, 0.4) is 0 Å². The maximum Gasteiger partial charge on any atom is 0.243 e. The average Bonchev–Trinajstić information content (AvgIpc) is 3.17. The molecular formula is C18H24N4O3S. The summed E-state index contributed by atoms with van der Waals surface area (Å²) in [7, 11) is 0. The molecule has 1 aromatic heterocycles. The second-order valence-corrected chi connectivity index (χ2v) is 8.61. The third-order valence-corrected chi connectivity index (χ3v) is 6.86. The highest BCUT2D eigenvalue weighted by molar-refractivity contribution is 8.01. The number of hydrogen-bond donors (Lipinski definition) is 1. The molecule has 26 heavy (non-hydrogen) atoms. The summed E-state index contributed by atoms with van der Waals surface area (Å²) in [5, 5.41) is 2.97. The predicted octanol–water partition coefficient (Wildman–Crippen LogP) is 0.988. The Morgan fingerprint density at radius 1 is 1.42 bits per heavy atom. The monoisotopic (exact) mass is 376 g/mol. The van der Waals surface area contributed by atoms with Gasteiger partial charge in [-0.1, -0.05) is 6.07 Å². The van der Waals surface area contributed by atoms with Crippen LogP contribution in [0.1, 0.15) is 25.3 Å². The normalized spacial score (nSPS) is 28.3. The summed E-state index contributed by atoms with van der Waals surface area (Å²) in [6, 6.07) is 3.62. The lowest BCUT2D eigenvalue weighted by Gasteiger charge is -2.29. The van der Waals surface area contributed by atoms with Crippen molar-refractivity contribution < 1.29 is 14.3 Å². The van der Waals surface area contributed by atoms with Gasteiger partial charge in [0.15, 0.2) is 0 Å². The molecule has 0 saturated carbocycles. The number of hydrogen-bond acceptors (Lipinski definition) is 6. The van der Waals surface area contributed by atoms with Gasteiger partial charge in [0, 0.05) is 38.0 Å². The van der Waals surface area contributed by atoms with Crippen LogP contribution in [0.2, 0.25) is 0 Å². The molecule has 3 saturated heterocycles. The van der Waals surface area contributed by atoms with E-state index in [1.54, 1.807) is 22.9 Å². The van der Waals surface area contributed by atoms with E-state index < -0.39 is 0 Å². The van der Waals surface area contributed by atoms with E-state index in [9.17, 15) is 9.59 Å². The quantitative estimate of drug-likeness (QED) is 0.845. The summed E-state index contributed by atoms with van der Waals surface area (Å²) < 4.78 is 5.36. The Morgan fingerprint density at radius 2 is 2.23 bits per heavy atom. The molecule has 0 radical (unpaired) electrons. The third-order valence-electron chi connectivity index (χ3n) is 5.36. The minimum Gasteiger partial charge on any atom is -0.378 e. The van der Waals surface area contributed by atoms with Gasteiger partial charge in [-0.05, 0) is 25.0 Å². The predicted molar refractivity (Wildman–Crippen MR) is 99.8 cm³/mol. The largest absolute Gasteiger partial charge is 0.378 e. The van der Waals surface area contributed by atoms with Crippen LogP contribution in [0.5, 0.6) is 0 Å². The molecule has 1 aromatic rings. The first-order chi connectivity index (χ1) is 12.6. The minimum absolute atomic E-state index is 0.0752. The van der Waals surface area contributed by atoms with Gasteiger partial charge in [-0.25, -0.2) is 4.98 Å². The number of anilines is 1. The van der Waals surface area contributed by atoms with Crippen molar-refractivity contribution >= 4 is 29.4 Å². The SMILES string of the molecule is CC12CCC(=O)N1C(C(=O)NCc1ccc(N3CCOCC3)nc1)CS2. The molecule has 2 atom stereocenters. The third kappa shape index (κ3) is 3.27. The number of amides is 2. The highest BCUT2D eigenvalue weighted by atomic mass is 32.2. The fraction of sp³-hybridized carbons (Fsp3) is 0.611. The first kappa shape index (κ1) is 17.6. The van der Waals surface area contributed by atoms with Gasteiger partial charge in [-0.15, -0.1) is 11.8 Å². The zero-order chi connectivity index (χ0) is 18.1. The smallest absolute Gasteiger partial charge is 0.243 e. The summed E-state index contributed by atoms with van der Waals surface area (Å²) in [6.45, 7) is 5.65. The van der Waals surface area contributed by atoms with Crippen LogP contribution in [0.4, 0.5) is 5.82 Å². The van der Waals surface area contributed by atoms with Crippen molar-refractivity contribution in [1.82, 2.24) is 15.2 Å². The lowest BCUT2D eigenvalue weighted by Crippen LogP contribution is -2.49. The zero-order valence-corrected chi connectivity index (χ0v) is 15.8. The maximum absolute atomic E-state index is 12.6. The highest BCUT2D eigenvalue weighted by Gasteiger charge is 2.52. The van der Waals surface area contributed by atoms with Gasteiger partial charge in [0.25, 0.3) is 0 Å². The number of ether oxygens (including phenoxy) is 1. The van der Waals surface area contributed by atoms with Crippen molar-refractivity contribution in [2.75, 3.05) is 37.0 Å². The highest BCUT2D eigenvalue weighted by Crippen LogP contribution is 2.47. The molecule has 7 nitrogen and oxygen atoms in total. The number of carbonyl (C=O) groups excluding carboxylic acids is 2. The molecule has 2 amide bonds. The van der Waals surface area contributed by atoms with Crippen molar-refractivity contribution in [2.24, 2.45) is 0 Å². The van der Waals surface area contributed by atoms with Gasteiger partial charge in [-0.3, -0.25) is 9.59 Å². The summed E-state index contributed by atoms with van der Waals surface area (Å²) in [5.74, 6) is 1.62.